The van der Waals surface area contributed by atoms with Crippen molar-refractivity contribution >= 4 is 6.08 Å². The van der Waals surface area contributed by atoms with E-state index in [4.69, 9.17) is 4.74 Å². The minimum atomic E-state index is 0.832. The molecule has 1 aromatic carbocycles. The average Bonchev–Trinajstić information content (AvgIpc) is 2.65. The maximum Gasteiger partial charge on any atom is 0.119 e. The highest BCUT2D eigenvalue weighted by Gasteiger charge is 2.05. The van der Waals surface area contributed by atoms with Crippen LogP contribution in [0.3, 0.4) is 0 Å². The molecular formula is C13H16O. The molecule has 0 radical (unpaired) electrons. The lowest BCUT2D eigenvalue weighted by Gasteiger charge is -2.06. The molecule has 74 valence electrons. The fourth-order valence-electron chi connectivity index (χ4n) is 1.65. The van der Waals surface area contributed by atoms with Crippen LogP contribution in [-0.4, -0.2) is 6.61 Å². The van der Waals surface area contributed by atoms with Gasteiger partial charge in [-0.25, -0.2) is 0 Å². The topological polar surface area (TPSA) is 9.23 Å². The lowest BCUT2D eigenvalue weighted by molar-refractivity contribution is 0.309. The molecule has 1 aliphatic rings. The Hall–Kier alpha value is -1.24. The van der Waals surface area contributed by atoms with Crippen molar-refractivity contribution in [2.24, 2.45) is 0 Å². The summed E-state index contributed by atoms with van der Waals surface area (Å²) in [6, 6.07) is 6.37. The summed E-state index contributed by atoms with van der Waals surface area (Å²) in [5.41, 5.74) is 2.73. The molecule has 1 heteroatoms. The molecule has 1 nitrogen and oxygen atoms in total. The first-order chi connectivity index (χ1) is 6.90. The summed E-state index contributed by atoms with van der Waals surface area (Å²) in [6.07, 6.45) is 7.75. The summed E-state index contributed by atoms with van der Waals surface area (Å²) in [5.74, 6) is 1.00. The predicted octanol–water partition coefficient (Wildman–Crippen LogP) is 3.43. The second kappa shape index (κ2) is 4.32. The van der Waals surface area contributed by atoms with Crippen molar-refractivity contribution in [3.63, 3.8) is 0 Å². The summed E-state index contributed by atoms with van der Waals surface area (Å²) < 4.78 is 5.64. The summed E-state index contributed by atoms with van der Waals surface area (Å²) in [4.78, 5) is 0. The van der Waals surface area contributed by atoms with Crippen LogP contribution >= 0.6 is 0 Å². The number of rotatable bonds is 4. The first-order valence-electron chi connectivity index (χ1n) is 5.32. The molecule has 0 spiro atoms. The quantitative estimate of drug-likeness (QED) is 0.658. The van der Waals surface area contributed by atoms with E-state index < -0.39 is 0 Å². The minimum Gasteiger partial charge on any atom is -0.494 e. The van der Waals surface area contributed by atoms with E-state index in [9.17, 15) is 0 Å². The van der Waals surface area contributed by atoms with Crippen LogP contribution in [-0.2, 0) is 6.42 Å². The van der Waals surface area contributed by atoms with Crippen LogP contribution in [0.1, 0.15) is 30.9 Å². The molecule has 0 aliphatic heterocycles. The Kier molecular flexibility index (Phi) is 2.87. The Morgan fingerprint density at radius 1 is 1.36 bits per heavy atom. The molecule has 0 aromatic heterocycles. The van der Waals surface area contributed by atoms with Crippen LogP contribution in [0.15, 0.2) is 24.3 Å². The fraction of sp³-hybridized carbons (Fsp3) is 0.385. The lowest BCUT2D eigenvalue weighted by atomic mass is 10.1. The summed E-state index contributed by atoms with van der Waals surface area (Å²) in [6.45, 7) is 3.01. The Morgan fingerprint density at radius 3 is 3.14 bits per heavy atom. The molecule has 0 heterocycles. The molecule has 2 rings (SSSR count). The SMILES string of the molecule is CCCCOc1ccc2c(c1)C=CC2. The van der Waals surface area contributed by atoms with Crippen molar-refractivity contribution in [1.82, 2.24) is 0 Å². The van der Waals surface area contributed by atoms with E-state index in [1.807, 2.05) is 0 Å². The number of unbranched alkanes of at least 4 members (excludes halogenated alkanes) is 1. The van der Waals surface area contributed by atoms with Crippen LogP contribution in [0.5, 0.6) is 5.75 Å². The molecule has 0 atom stereocenters. The Labute approximate surface area is 85.4 Å². The van der Waals surface area contributed by atoms with Crippen molar-refractivity contribution in [1.29, 1.82) is 0 Å². The molecule has 0 amide bonds. The summed E-state index contributed by atoms with van der Waals surface area (Å²) in [5, 5.41) is 0. The Bertz CT molecular complexity index is 339. The fourth-order valence-corrected chi connectivity index (χ4v) is 1.65. The van der Waals surface area contributed by atoms with Gasteiger partial charge in [-0.05, 0) is 36.1 Å². The average molecular weight is 188 g/mol. The summed E-state index contributed by atoms with van der Waals surface area (Å²) in [7, 11) is 0. The van der Waals surface area contributed by atoms with E-state index >= 15 is 0 Å². The smallest absolute Gasteiger partial charge is 0.119 e. The molecule has 1 aliphatic carbocycles. The number of ether oxygens (including phenoxy) is 1. The van der Waals surface area contributed by atoms with E-state index in [2.05, 4.69) is 37.3 Å². The van der Waals surface area contributed by atoms with Gasteiger partial charge in [0.2, 0.25) is 0 Å². The van der Waals surface area contributed by atoms with Crippen molar-refractivity contribution in [2.75, 3.05) is 6.61 Å². The molecule has 1 aromatic rings. The van der Waals surface area contributed by atoms with Gasteiger partial charge in [-0.3, -0.25) is 0 Å². The van der Waals surface area contributed by atoms with Gasteiger partial charge in [-0.1, -0.05) is 31.6 Å². The van der Waals surface area contributed by atoms with Crippen molar-refractivity contribution in [3.8, 4) is 5.75 Å². The van der Waals surface area contributed by atoms with Gasteiger partial charge in [-0.15, -0.1) is 0 Å². The third-order valence-corrected chi connectivity index (χ3v) is 2.52. The van der Waals surface area contributed by atoms with Gasteiger partial charge in [0.15, 0.2) is 0 Å². The van der Waals surface area contributed by atoms with E-state index in [1.165, 1.54) is 17.5 Å². The van der Waals surface area contributed by atoms with E-state index in [1.54, 1.807) is 0 Å². The van der Waals surface area contributed by atoms with Gasteiger partial charge in [-0.2, -0.15) is 0 Å². The second-order valence-electron chi connectivity index (χ2n) is 3.67. The molecule has 0 saturated carbocycles. The Morgan fingerprint density at radius 2 is 2.29 bits per heavy atom. The van der Waals surface area contributed by atoms with Crippen LogP contribution in [0.4, 0.5) is 0 Å². The number of fused-ring (bicyclic) bond motifs is 1. The summed E-state index contributed by atoms with van der Waals surface area (Å²) >= 11 is 0. The first kappa shape index (κ1) is 9.32. The number of hydrogen-bond acceptors (Lipinski definition) is 1. The van der Waals surface area contributed by atoms with Gasteiger partial charge in [0.05, 0.1) is 6.61 Å². The Balaban J connectivity index is 2.01. The largest absolute Gasteiger partial charge is 0.494 e. The number of benzene rings is 1. The van der Waals surface area contributed by atoms with Crippen molar-refractivity contribution < 1.29 is 4.74 Å². The van der Waals surface area contributed by atoms with Crippen LogP contribution < -0.4 is 4.74 Å². The van der Waals surface area contributed by atoms with E-state index in [0.717, 1.165) is 25.2 Å². The zero-order chi connectivity index (χ0) is 9.80. The van der Waals surface area contributed by atoms with Gasteiger partial charge in [0.1, 0.15) is 5.75 Å². The zero-order valence-corrected chi connectivity index (χ0v) is 8.62. The van der Waals surface area contributed by atoms with E-state index in [0.29, 0.717) is 0 Å². The lowest BCUT2D eigenvalue weighted by Crippen LogP contribution is -1.96. The molecule has 0 unspecified atom stereocenters. The standard InChI is InChI=1S/C13H16O/c1-2-3-9-14-13-8-7-11-5-4-6-12(11)10-13/h4,6-8,10H,2-3,5,9H2,1H3. The predicted molar refractivity (Wildman–Crippen MR) is 59.6 cm³/mol. The third kappa shape index (κ3) is 1.98. The van der Waals surface area contributed by atoms with Gasteiger partial charge >= 0.3 is 0 Å². The molecule has 14 heavy (non-hydrogen) atoms. The van der Waals surface area contributed by atoms with Crippen LogP contribution in [0.2, 0.25) is 0 Å². The van der Waals surface area contributed by atoms with Gasteiger partial charge in [0, 0.05) is 0 Å². The third-order valence-electron chi connectivity index (χ3n) is 2.52. The number of allylic oxidation sites excluding steroid dienone is 1. The van der Waals surface area contributed by atoms with E-state index in [-0.39, 0.29) is 0 Å². The first-order valence-corrected chi connectivity index (χ1v) is 5.32. The maximum atomic E-state index is 5.64. The van der Waals surface area contributed by atoms with Gasteiger partial charge < -0.3 is 4.74 Å². The monoisotopic (exact) mass is 188 g/mol. The van der Waals surface area contributed by atoms with Crippen LogP contribution in [0, 0.1) is 0 Å². The normalized spacial score (nSPS) is 12.9. The molecule has 0 N–H and O–H groups in total. The minimum absolute atomic E-state index is 0.832. The number of hydrogen-bond donors (Lipinski definition) is 0. The molecule has 0 saturated heterocycles. The molecule has 0 bridgehead atoms. The highest BCUT2D eigenvalue weighted by molar-refractivity contribution is 5.61. The highest BCUT2D eigenvalue weighted by Crippen LogP contribution is 2.24. The van der Waals surface area contributed by atoms with Crippen LogP contribution in [0.25, 0.3) is 6.08 Å². The second-order valence-corrected chi connectivity index (χ2v) is 3.67. The maximum absolute atomic E-state index is 5.64. The van der Waals surface area contributed by atoms with Gasteiger partial charge in [0.25, 0.3) is 0 Å². The highest BCUT2D eigenvalue weighted by atomic mass is 16.5. The van der Waals surface area contributed by atoms with Crippen molar-refractivity contribution in [2.45, 2.75) is 26.2 Å². The van der Waals surface area contributed by atoms with Crippen molar-refractivity contribution in [3.05, 3.63) is 35.4 Å². The molecule has 0 fully saturated rings. The molecular weight excluding hydrogens is 172 g/mol. The zero-order valence-electron chi connectivity index (χ0n) is 8.62.